The second kappa shape index (κ2) is 22.8. The molecule has 4 nitrogen and oxygen atoms in total. The van der Waals surface area contributed by atoms with Gasteiger partial charge in [0.25, 0.3) is 6.71 Å². The Morgan fingerprint density at radius 2 is 0.621 bits per heavy atom. The minimum Gasteiger partial charge on any atom is -0.311 e. The number of para-hydroxylation sites is 3. The molecule has 0 atom stereocenters. The van der Waals surface area contributed by atoms with Gasteiger partial charge in [-0.3, -0.25) is 0 Å². The van der Waals surface area contributed by atoms with Gasteiger partial charge in [0, 0.05) is 61.4 Å². The minimum atomic E-state index is -0.155. The topological polar surface area (TPSA) is 16.3 Å². The van der Waals surface area contributed by atoms with E-state index in [-0.39, 0.29) is 33.8 Å². The van der Waals surface area contributed by atoms with Crippen LogP contribution in [-0.2, 0) is 27.1 Å². The molecule has 2 aromatic heterocycles. The molecule has 2 aliphatic carbocycles. The summed E-state index contributed by atoms with van der Waals surface area (Å²) in [5, 5.41) is 4.93. The van der Waals surface area contributed by atoms with Gasteiger partial charge in [-0.25, -0.2) is 0 Å². The highest BCUT2D eigenvalue weighted by Gasteiger charge is 2.45. The fraction of sp³-hybridized carbons (Fsp3) is 0.204. The van der Waals surface area contributed by atoms with Crippen molar-refractivity contribution in [2.75, 3.05) is 9.80 Å². The molecule has 0 saturated heterocycles. The quantitative estimate of drug-likeness (QED) is 0.141. The number of hydrogen-bond donors (Lipinski definition) is 0. The maximum atomic E-state index is 2.63. The van der Waals surface area contributed by atoms with Gasteiger partial charge in [-0.05, 0) is 226 Å². The van der Waals surface area contributed by atoms with E-state index in [1.807, 2.05) is 0 Å². The summed E-state index contributed by atoms with van der Waals surface area (Å²) in [4.78, 5) is 5.26. The summed E-state index contributed by atoms with van der Waals surface area (Å²) < 4.78 is 5.05. The van der Waals surface area contributed by atoms with Crippen LogP contribution in [0.1, 0.15) is 130 Å². The first-order chi connectivity index (χ1) is 49.7. The van der Waals surface area contributed by atoms with Crippen molar-refractivity contribution in [3.8, 4) is 55.9 Å². The molecule has 0 amide bonds. The Morgan fingerprint density at radius 1 is 0.272 bits per heavy atom. The fourth-order valence-corrected chi connectivity index (χ4v) is 18.5. The first-order valence-electron chi connectivity index (χ1n) is 37.4. The van der Waals surface area contributed by atoms with E-state index in [1.54, 1.807) is 0 Å². The van der Waals surface area contributed by atoms with Gasteiger partial charge in [-0.1, -0.05) is 270 Å². The van der Waals surface area contributed by atoms with E-state index >= 15 is 0 Å². The van der Waals surface area contributed by atoms with Gasteiger partial charge in [0.05, 0.1) is 27.8 Å². The van der Waals surface area contributed by atoms with Gasteiger partial charge < -0.3 is 18.9 Å². The van der Waals surface area contributed by atoms with Crippen molar-refractivity contribution in [3.05, 3.63) is 307 Å². The summed E-state index contributed by atoms with van der Waals surface area (Å²) in [5.74, 6) is 0. The van der Waals surface area contributed by atoms with E-state index in [9.17, 15) is 0 Å². The number of fused-ring (bicyclic) bond motifs is 12. The summed E-state index contributed by atoms with van der Waals surface area (Å²) in [6.07, 6.45) is 4.71. The molecule has 0 N–H and O–H groups in total. The first-order valence-corrected chi connectivity index (χ1v) is 37.4. The predicted octanol–water partition coefficient (Wildman–Crippen LogP) is 24.6. The highest BCUT2D eigenvalue weighted by molar-refractivity contribution is 7.00. The van der Waals surface area contributed by atoms with Crippen molar-refractivity contribution in [3.63, 3.8) is 0 Å². The second-order valence-electron chi connectivity index (χ2n) is 33.8. The first kappa shape index (κ1) is 63.1. The molecule has 0 unspecified atom stereocenters. The van der Waals surface area contributed by atoms with E-state index in [2.05, 4.69) is 374 Å². The monoisotopic (exact) mass is 1330 g/mol. The molecule has 0 saturated carbocycles. The van der Waals surface area contributed by atoms with Gasteiger partial charge in [0.15, 0.2) is 0 Å². The Balaban J connectivity index is 0.889. The van der Waals surface area contributed by atoms with Crippen molar-refractivity contribution < 1.29 is 0 Å². The maximum Gasteiger partial charge on any atom is 0.252 e. The van der Waals surface area contributed by atoms with Crippen molar-refractivity contribution in [2.24, 2.45) is 0 Å². The lowest BCUT2D eigenvalue weighted by Crippen LogP contribution is -2.61. The molecule has 2 aliphatic heterocycles. The zero-order chi connectivity index (χ0) is 70.2. The van der Waals surface area contributed by atoms with Gasteiger partial charge in [0.1, 0.15) is 0 Å². The molecule has 0 fully saturated rings. The normalized spacial score (nSPS) is 16.0. The maximum absolute atomic E-state index is 2.63. The van der Waals surface area contributed by atoms with E-state index < -0.39 is 0 Å². The van der Waals surface area contributed by atoms with Crippen molar-refractivity contribution >= 4 is 101 Å². The molecule has 5 heteroatoms. The van der Waals surface area contributed by atoms with Crippen LogP contribution < -0.4 is 26.2 Å². The average Bonchev–Trinajstić information content (AvgIpc) is 1.31. The van der Waals surface area contributed by atoms with Gasteiger partial charge in [-0.2, -0.15) is 0 Å². The van der Waals surface area contributed by atoms with Gasteiger partial charge >= 0.3 is 0 Å². The molecule has 103 heavy (non-hydrogen) atoms. The lowest BCUT2D eigenvalue weighted by atomic mass is 9.33. The number of aromatic nitrogens is 2. The molecular weight excluding hydrogens is 1240 g/mol. The lowest BCUT2D eigenvalue weighted by Gasteiger charge is -2.44. The SMILES string of the molecule is CC(C)(C)c1ccc(-c2ccc3c(c2)N(c2ccc(-c4ccc5c(c4)C(C)(C)CCC5(C)C)cc2)c2cc(-n4c5ccccc5c5cc(-c6ccccc6)ccc54)cc4c2B3c2ccc(-n3c5ccccc5c5ccccc53)cc2N4c2ccc(-c3ccc4c(c3)C(C)(C)CCC4(C)C)cc2)cc1. The molecule has 0 radical (unpaired) electrons. The zero-order valence-electron chi connectivity index (χ0n) is 61.3. The highest BCUT2D eigenvalue weighted by Crippen LogP contribution is 2.52. The summed E-state index contributed by atoms with van der Waals surface area (Å²) in [5.41, 5.74) is 34.9. The summed E-state index contributed by atoms with van der Waals surface area (Å²) in [6.45, 7) is 26.2. The van der Waals surface area contributed by atoms with E-state index in [1.165, 1.54) is 153 Å². The number of anilines is 6. The molecule has 4 aliphatic rings. The zero-order valence-corrected chi connectivity index (χ0v) is 61.3. The molecule has 4 heterocycles. The number of hydrogen-bond acceptors (Lipinski definition) is 2. The Labute approximate surface area is 607 Å². The Hall–Kier alpha value is -10.9. The van der Waals surface area contributed by atoms with Crippen LogP contribution in [0.15, 0.2) is 279 Å². The van der Waals surface area contributed by atoms with Gasteiger partial charge in [-0.15, -0.1) is 0 Å². The molecule has 0 spiro atoms. The molecule has 0 bridgehead atoms. The average molecular weight is 1330 g/mol. The largest absolute Gasteiger partial charge is 0.311 e. The summed E-state index contributed by atoms with van der Waals surface area (Å²) >= 11 is 0. The Morgan fingerprint density at radius 3 is 1.13 bits per heavy atom. The molecule has 19 rings (SSSR count). The third kappa shape index (κ3) is 9.99. The molecule has 13 aromatic carbocycles. The second-order valence-corrected chi connectivity index (χ2v) is 33.8. The third-order valence-corrected chi connectivity index (χ3v) is 24.6. The number of nitrogens with zero attached hydrogens (tertiary/aromatic N) is 4. The lowest BCUT2D eigenvalue weighted by molar-refractivity contribution is 0.332. The van der Waals surface area contributed by atoms with Crippen molar-refractivity contribution in [1.82, 2.24) is 9.13 Å². The van der Waals surface area contributed by atoms with Crippen molar-refractivity contribution in [1.29, 1.82) is 0 Å². The minimum absolute atomic E-state index is 0.0190. The summed E-state index contributed by atoms with van der Waals surface area (Å²) in [7, 11) is 0. The van der Waals surface area contributed by atoms with Gasteiger partial charge in [0.2, 0.25) is 0 Å². The highest BCUT2D eigenvalue weighted by atomic mass is 15.2. The van der Waals surface area contributed by atoms with Crippen molar-refractivity contribution in [2.45, 2.75) is 129 Å². The third-order valence-electron chi connectivity index (χ3n) is 24.6. The van der Waals surface area contributed by atoms with E-state index in [4.69, 9.17) is 0 Å². The van der Waals surface area contributed by atoms with Crippen LogP contribution >= 0.6 is 0 Å². The standard InChI is InChI=1S/C98H87BN4/c1-94(2,3)70-39-29-63(30-40-70)69-37-48-83-89(58-69)100(71-41-31-64(32-42-71)67-35-46-79-81(56-67)97(8,9)53-51-95(79,4)5)91-60-74(103-87-28-20-17-25-77(87)78-55-66(38-50-88(78)103)62-21-13-12-14-22-62)61-92-93(91)99(83)84-49-45-73(102-85-26-18-15-23-75(85)76-24-16-19-27-86(76)102)59-90(84)101(92)72-43-33-65(34-44-72)68-36-47-80-82(57-68)98(10,11)54-52-96(80,6)7/h12-50,55-61H,51-54H2,1-11H3. The molecule has 15 aromatic rings. The van der Waals surface area contributed by atoms with E-state index in [0.717, 1.165) is 50.8 Å². The van der Waals surface area contributed by atoms with Crippen LogP contribution in [0.25, 0.3) is 99.5 Å². The molecule has 502 valence electrons. The van der Waals surface area contributed by atoms with Crippen LogP contribution in [-0.4, -0.2) is 15.8 Å². The number of benzene rings is 13. The number of rotatable bonds is 8. The van der Waals surface area contributed by atoms with Crippen LogP contribution in [0.2, 0.25) is 0 Å². The molecular formula is C98H87BN4. The van der Waals surface area contributed by atoms with Crippen LogP contribution in [0.4, 0.5) is 34.1 Å². The van der Waals surface area contributed by atoms with E-state index in [0.29, 0.717) is 0 Å². The fourth-order valence-electron chi connectivity index (χ4n) is 18.5. The van der Waals surface area contributed by atoms with Crippen LogP contribution in [0.3, 0.4) is 0 Å². The van der Waals surface area contributed by atoms with Crippen LogP contribution in [0, 0.1) is 0 Å². The smallest absolute Gasteiger partial charge is 0.252 e. The Bertz CT molecular complexity index is 5920. The Kier molecular flexibility index (Phi) is 14.0. The van der Waals surface area contributed by atoms with Crippen LogP contribution in [0.5, 0.6) is 0 Å². The predicted molar refractivity (Wildman–Crippen MR) is 440 cm³/mol. The summed E-state index contributed by atoms with van der Waals surface area (Å²) in [6, 6.07) is 108.